The van der Waals surface area contributed by atoms with Gasteiger partial charge in [-0.2, -0.15) is 0 Å². The van der Waals surface area contributed by atoms with Crippen molar-refractivity contribution >= 4 is 35.3 Å². The van der Waals surface area contributed by atoms with E-state index >= 15 is 0 Å². The van der Waals surface area contributed by atoms with E-state index in [2.05, 4.69) is 22.5 Å². The molecule has 4 amide bonds. The molecule has 1 spiro atoms. The van der Waals surface area contributed by atoms with Crippen LogP contribution in [0.15, 0.2) is 12.3 Å². The maximum Gasteiger partial charge on any atom is 0.413 e. The average molecular weight is 514 g/mol. The molecular weight excluding hydrogens is 474 g/mol. The van der Waals surface area contributed by atoms with Gasteiger partial charge in [-0.05, 0) is 95.1 Å². The summed E-state index contributed by atoms with van der Waals surface area (Å²) >= 11 is 0. The smallest absolute Gasteiger partial charge is 0.413 e. The number of carbonyl (C=O) groups is 4. The van der Waals surface area contributed by atoms with E-state index in [9.17, 15) is 19.2 Å². The summed E-state index contributed by atoms with van der Waals surface area (Å²) in [7, 11) is 0. The van der Waals surface area contributed by atoms with Crippen LogP contribution < -0.4 is 16.4 Å². The van der Waals surface area contributed by atoms with Crippen LogP contribution in [-0.4, -0.2) is 51.9 Å². The van der Waals surface area contributed by atoms with Crippen molar-refractivity contribution in [2.45, 2.75) is 84.8 Å². The molecule has 3 fully saturated rings. The first-order chi connectivity index (χ1) is 17.2. The second-order valence-electron chi connectivity index (χ2n) is 12.4. The van der Waals surface area contributed by atoms with E-state index in [-0.39, 0.29) is 23.3 Å². The van der Waals surface area contributed by atoms with Crippen molar-refractivity contribution in [3.8, 4) is 0 Å². The minimum Gasteiger partial charge on any atom is -0.444 e. The normalized spacial score (nSPS) is 29.1. The number of nitrogens with zero attached hydrogens (tertiary/aromatic N) is 2. The Kier molecular flexibility index (Phi) is 7.23. The summed E-state index contributed by atoms with van der Waals surface area (Å²) in [5, 5.41) is 5.27. The van der Waals surface area contributed by atoms with E-state index in [0.717, 1.165) is 38.5 Å². The summed E-state index contributed by atoms with van der Waals surface area (Å²) < 4.78 is 5.25. The second kappa shape index (κ2) is 9.95. The van der Waals surface area contributed by atoms with Gasteiger partial charge in [0.25, 0.3) is 0 Å². The van der Waals surface area contributed by atoms with Gasteiger partial charge in [-0.15, -0.1) is 0 Å². The number of hydrogen-bond donors (Lipinski definition) is 3. The fourth-order valence-corrected chi connectivity index (χ4v) is 6.23. The maximum atomic E-state index is 13.3. The molecule has 0 radical (unpaired) electrons. The zero-order valence-corrected chi connectivity index (χ0v) is 22.4. The number of aryl methyl sites for hydroxylation is 1. The average Bonchev–Trinajstić information content (AvgIpc) is 2.72. The van der Waals surface area contributed by atoms with E-state index in [1.165, 1.54) is 6.20 Å². The second-order valence-corrected chi connectivity index (χ2v) is 12.4. The quantitative estimate of drug-likeness (QED) is 0.525. The highest BCUT2D eigenvalue weighted by atomic mass is 16.6. The molecule has 202 valence electrons. The molecule has 2 aliphatic carbocycles. The Balaban J connectivity index is 1.36. The lowest BCUT2D eigenvalue weighted by Gasteiger charge is -2.60. The molecule has 4 rings (SSSR count). The first kappa shape index (κ1) is 26.9. The standard InChI is InChI=1S/C27H39N5O5/c1-15-6-7-20(17-9-27(10-17)11-18(12-27)21(28)33)32(14-15)24(35)23(34)30-19-8-16(2)22(29-13-19)31-25(36)37-26(3,4)5/h8,13,15,17-18,20H,6-7,9-12,14H2,1-5H3,(H2,28,33)(H,30,34)(H,29,31,36)/t15-,17?,18?,20+,27?/m0/s1. The monoisotopic (exact) mass is 513 g/mol. The molecule has 0 bridgehead atoms. The van der Waals surface area contributed by atoms with E-state index in [4.69, 9.17) is 10.5 Å². The van der Waals surface area contributed by atoms with Crippen molar-refractivity contribution in [1.82, 2.24) is 9.88 Å². The van der Waals surface area contributed by atoms with E-state index in [1.807, 2.05) is 0 Å². The Bertz CT molecular complexity index is 1080. The van der Waals surface area contributed by atoms with Crippen molar-refractivity contribution in [3.63, 3.8) is 0 Å². The number of nitrogens with two attached hydrogens (primary N) is 1. The Morgan fingerprint density at radius 1 is 1.11 bits per heavy atom. The molecule has 1 aliphatic heterocycles. The lowest BCUT2D eigenvalue weighted by Crippen LogP contribution is -2.60. The number of primary amides is 1. The number of anilines is 2. The van der Waals surface area contributed by atoms with Crippen molar-refractivity contribution in [3.05, 3.63) is 17.8 Å². The molecular formula is C27H39N5O5. The van der Waals surface area contributed by atoms with Gasteiger partial charge in [-0.1, -0.05) is 6.92 Å². The van der Waals surface area contributed by atoms with Crippen LogP contribution in [0.5, 0.6) is 0 Å². The molecule has 2 heterocycles. The molecule has 1 aromatic heterocycles. The van der Waals surface area contributed by atoms with Crippen LogP contribution in [0.1, 0.15) is 71.8 Å². The number of amides is 4. The van der Waals surface area contributed by atoms with Gasteiger partial charge in [0.2, 0.25) is 5.91 Å². The Morgan fingerprint density at radius 3 is 2.38 bits per heavy atom. The van der Waals surface area contributed by atoms with Crippen LogP contribution >= 0.6 is 0 Å². The summed E-state index contributed by atoms with van der Waals surface area (Å²) in [6.45, 7) is 9.71. The van der Waals surface area contributed by atoms with Gasteiger partial charge in [-0.3, -0.25) is 19.7 Å². The predicted octanol–water partition coefficient (Wildman–Crippen LogP) is 3.59. The van der Waals surface area contributed by atoms with Crippen LogP contribution in [0, 0.1) is 30.1 Å². The number of hydrogen-bond acceptors (Lipinski definition) is 6. The molecule has 37 heavy (non-hydrogen) atoms. The fraction of sp³-hybridized carbons (Fsp3) is 0.667. The van der Waals surface area contributed by atoms with Gasteiger partial charge in [0.05, 0.1) is 11.9 Å². The Hall–Kier alpha value is -3.17. The Morgan fingerprint density at radius 2 is 1.78 bits per heavy atom. The predicted molar refractivity (Wildman–Crippen MR) is 138 cm³/mol. The first-order valence-electron chi connectivity index (χ1n) is 13.1. The van der Waals surface area contributed by atoms with Gasteiger partial charge in [0, 0.05) is 18.5 Å². The molecule has 0 unspecified atom stereocenters. The molecule has 10 nitrogen and oxygen atoms in total. The van der Waals surface area contributed by atoms with Crippen LogP contribution in [0.3, 0.4) is 0 Å². The number of rotatable bonds is 4. The fourth-order valence-electron chi connectivity index (χ4n) is 6.23. The number of likely N-dealkylation sites (tertiary alicyclic amines) is 1. The van der Waals surface area contributed by atoms with Gasteiger partial charge >= 0.3 is 17.9 Å². The third kappa shape index (κ3) is 6.05. The van der Waals surface area contributed by atoms with Gasteiger partial charge < -0.3 is 20.7 Å². The largest absolute Gasteiger partial charge is 0.444 e. The lowest BCUT2D eigenvalue weighted by molar-refractivity contribution is -0.156. The van der Waals surface area contributed by atoms with Crippen LogP contribution in [0.2, 0.25) is 0 Å². The van der Waals surface area contributed by atoms with Crippen molar-refractivity contribution in [2.75, 3.05) is 17.2 Å². The molecule has 10 heteroatoms. The molecule has 1 saturated heterocycles. The van der Waals surface area contributed by atoms with Gasteiger partial charge in [-0.25, -0.2) is 9.78 Å². The number of aromatic nitrogens is 1. The number of ether oxygens (including phenoxy) is 1. The van der Waals surface area contributed by atoms with Crippen LogP contribution in [0.4, 0.5) is 16.3 Å². The van der Waals surface area contributed by atoms with E-state index < -0.39 is 23.5 Å². The molecule has 0 aromatic carbocycles. The number of piperidine rings is 1. The first-order valence-corrected chi connectivity index (χ1v) is 13.1. The van der Waals surface area contributed by atoms with Crippen molar-refractivity contribution < 1.29 is 23.9 Å². The summed E-state index contributed by atoms with van der Waals surface area (Å²) in [6, 6.07) is 1.69. The van der Waals surface area contributed by atoms with Crippen molar-refractivity contribution in [2.24, 2.45) is 28.9 Å². The Labute approximate surface area is 218 Å². The highest BCUT2D eigenvalue weighted by Gasteiger charge is 2.57. The highest BCUT2D eigenvalue weighted by Crippen LogP contribution is 2.62. The summed E-state index contributed by atoms with van der Waals surface area (Å²) in [6.07, 6.45) is 6.36. The zero-order chi connectivity index (χ0) is 27.1. The van der Waals surface area contributed by atoms with Crippen LogP contribution in [0.25, 0.3) is 0 Å². The lowest BCUT2D eigenvalue weighted by atomic mass is 9.46. The summed E-state index contributed by atoms with van der Waals surface area (Å²) in [5.74, 6) is -0.468. The topological polar surface area (TPSA) is 144 Å². The van der Waals surface area contributed by atoms with Gasteiger partial charge in [0.15, 0.2) is 0 Å². The van der Waals surface area contributed by atoms with Crippen molar-refractivity contribution in [1.29, 1.82) is 0 Å². The number of carbonyl (C=O) groups excluding carboxylic acids is 4. The third-order valence-electron chi connectivity index (χ3n) is 7.97. The molecule has 3 aliphatic rings. The summed E-state index contributed by atoms with van der Waals surface area (Å²) in [5.41, 5.74) is 6.00. The molecule has 2 atom stereocenters. The van der Waals surface area contributed by atoms with E-state index in [1.54, 1.807) is 38.7 Å². The molecule has 1 aromatic rings. The number of pyridine rings is 1. The minimum atomic E-state index is -0.695. The SMILES string of the molecule is Cc1cc(NC(=O)C(=O)N2C[C@@H](C)CC[C@@H]2C2CC3(CC(C(N)=O)C3)C2)cnc1NC(=O)OC(C)(C)C. The molecule has 4 N–H and O–H groups in total. The van der Waals surface area contributed by atoms with Crippen LogP contribution in [-0.2, 0) is 19.1 Å². The van der Waals surface area contributed by atoms with Gasteiger partial charge in [0.1, 0.15) is 11.4 Å². The number of nitrogens with one attached hydrogen (secondary N) is 2. The summed E-state index contributed by atoms with van der Waals surface area (Å²) in [4.78, 5) is 55.7. The highest BCUT2D eigenvalue weighted by molar-refractivity contribution is 6.39. The molecule has 2 saturated carbocycles. The zero-order valence-electron chi connectivity index (χ0n) is 22.4. The maximum absolute atomic E-state index is 13.3. The minimum absolute atomic E-state index is 0.0152. The van der Waals surface area contributed by atoms with E-state index in [0.29, 0.717) is 35.4 Å². The third-order valence-corrected chi connectivity index (χ3v) is 7.97.